The van der Waals surface area contributed by atoms with Crippen molar-refractivity contribution in [1.29, 1.82) is 0 Å². The van der Waals surface area contributed by atoms with Crippen LogP contribution in [0.1, 0.15) is 22.0 Å². The van der Waals surface area contributed by atoms with Gasteiger partial charge in [0.05, 0.1) is 15.9 Å². The Morgan fingerprint density at radius 1 is 1.24 bits per heavy atom. The fraction of sp³-hybridized carbons (Fsp3) is 0.231. The summed E-state index contributed by atoms with van der Waals surface area (Å²) in [6, 6.07) is 4.88. The van der Waals surface area contributed by atoms with Crippen LogP contribution in [0.4, 0.5) is 17.6 Å². The number of hydrogen-bond donors (Lipinski definition) is 2. The second-order valence-corrected chi connectivity index (χ2v) is 6.16. The van der Waals surface area contributed by atoms with Crippen molar-refractivity contribution in [2.24, 2.45) is 5.84 Å². The fourth-order valence-corrected chi connectivity index (χ4v) is 3.04. The van der Waals surface area contributed by atoms with Crippen LogP contribution < -0.4 is 11.3 Å². The van der Waals surface area contributed by atoms with E-state index in [1.165, 1.54) is 11.3 Å². The Bertz CT molecular complexity index is 627. The minimum atomic E-state index is -4.53. The predicted octanol–water partition coefficient (Wildman–Crippen LogP) is 4.31. The number of hydrogen-bond acceptors (Lipinski definition) is 3. The van der Waals surface area contributed by atoms with Crippen molar-refractivity contribution in [3.8, 4) is 0 Å². The highest BCUT2D eigenvalue weighted by Crippen LogP contribution is 2.33. The molecule has 8 heteroatoms. The van der Waals surface area contributed by atoms with Crippen molar-refractivity contribution in [3.05, 3.63) is 56.5 Å². The van der Waals surface area contributed by atoms with E-state index in [1.807, 2.05) is 0 Å². The zero-order chi connectivity index (χ0) is 15.6. The van der Waals surface area contributed by atoms with E-state index in [4.69, 9.17) is 17.4 Å². The van der Waals surface area contributed by atoms with E-state index in [0.29, 0.717) is 10.4 Å². The van der Waals surface area contributed by atoms with Gasteiger partial charge in [0.25, 0.3) is 0 Å². The molecular formula is C13H11ClF4N2S. The van der Waals surface area contributed by atoms with E-state index in [2.05, 4.69) is 5.43 Å². The van der Waals surface area contributed by atoms with Gasteiger partial charge in [-0.2, -0.15) is 13.2 Å². The van der Waals surface area contributed by atoms with Crippen LogP contribution in [0, 0.1) is 5.82 Å². The average molecular weight is 339 g/mol. The summed E-state index contributed by atoms with van der Waals surface area (Å²) >= 11 is 7.06. The molecule has 1 aromatic heterocycles. The minimum Gasteiger partial charge on any atom is -0.271 e. The SMILES string of the molecule is NNC(Cc1ccc(Cl)s1)c1cc(C(F)(F)F)ccc1F. The normalized spacial score (nSPS) is 13.4. The van der Waals surface area contributed by atoms with E-state index in [1.54, 1.807) is 12.1 Å². The predicted molar refractivity (Wildman–Crippen MR) is 74.5 cm³/mol. The Morgan fingerprint density at radius 3 is 2.48 bits per heavy atom. The monoisotopic (exact) mass is 338 g/mol. The van der Waals surface area contributed by atoms with Crippen LogP contribution in [0.5, 0.6) is 0 Å². The molecule has 1 aromatic carbocycles. The molecule has 1 atom stereocenters. The number of halogens is 5. The molecule has 1 unspecified atom stereocenters. The number of nitrogens with one attached hydrogen (secondary N) is 1. The number of benzene rings is 1. The first kappa shape index (κ1) is 16.2. The highest BCUT2D eigenvalue weighted by molar-refractivity contribution is 7.16. The molecule has 0 spiro atoms. The lowest BCUT2D eigenvalue weighted by molar-refractivity contribution is -0.137. The number of rotatable bonds is 4. The van der Waals surface area contributed by atoms with Crippen LogP contribution in [-0.2, 0) is 12.6 Å². The van der Waals surface area contributed by atoms with Crippen molar-refractivity contribution in [1.82, 2.24) is 5.43 Å². The zero-order valence-corrected chi connectivity index (χ0v) is 12.1. The van der Waals surface area contributed by atoms with E-state index in [-0.39, 0.29) is 12.0 Å². The molecule has 2 aromatic rings. The van der Waals surface area contributed by atoms with Crippen LogP contribution in [-0.4, -0.2) is 0 Å². The van der Waals surface area contributed by atoms with E-state index in [9.17, 15) is 17.6 Å². The van der Waals surface area contributed by atoms with Crippen molar-refractivity contribution in [3.63, 3.8) is 0 Å². The fourth-order valence-electron chi connectivity index (χ4n) is 1.91. The summed E-state index contributed by atoms with van der Waals surface area (Å²) in [5, 5.41) is 0. The zero-order valence-electron chi connectivity index (χ0n) is 10.5. The van der Waals surface area contributed by atoms with Gasteiger partial charge in [-0.3, -0.25) is 11.3 Å². The second kappa shape index (κ2) is 6.31. The van der Waals surface area contributed by atoms with Crippen molar-refractivity contribution in [2.45, 2.75) is 18.6 Å². The lowest BCUT2D eigenvalue weighted by atomic mass is 10.00. The standard InChI is InChI=1S/C13H11ClF4N2S/c14-12-4-2-8(21-12)6-11(20-19)9-5-7(13(16,17)18)1-3-10(9)15/h1-5,11,20H,6,19H2. The van der Waals surface area contributed by atoms with Gasteiger partial charge in [-0.1, -0.05) is 11.6 Å². The molecule has 0 saturated carbocycles. The van der Waals surface area contributed by atoms with Gasteiger partial charge < -0.3 is 0 Å². The molecule has 114 valence electrons. The Morgan fingerprint density at radius 2 is 1.95 bits per heavy atom. The molecule has 1 heterocycles. The van der Waals surface area contributed by atoms with Gasteiger partial charge in [-0.05, 0) is 30.3 Å². The van der Waals surface area contributed by atoms with Crippen LogP contribution in [0.3, 0.4) is 0 Å². The molecular weight excluding hydrogens is 328 g/mol. The summed E-state index contributed by atoms with van der Waals surface area (Å²) in [5.74, 6) is 4.62. The van der Waals surface area contributed by atoms with Crippen LogP contribution in [0.25, 0.3) is 0 Å². The van der Waals surface area contributed by atoms with Crippen LogP contribution in [0.15, 0.2) is 30.3 Å². The minimum absolute atomic E-state index is 0.128. The molecule has 0 aliphatic heterocycles. The maximum atomic E-state index is 13.8. The van der Waals surface area contributed by atoms with Gasteiger partial charge >= 0.3 is 6.18 Å². The average Bonchev–Trinajstić information content (AvgIpc) is 2.81. The first-order valence-corrected chi connectivity index (χ1v) is 7.07. The largest absolute Gasteiger partial charge is 0.416 e. The summed E-state index contributed by atoms with van der Waals surface area (Å²) in [7, 11) is 0. The highest BCUT2D eigenvalue weighted by atomic mass is 35.5. The van der Waals surface area contributed by atoms with Gasteiger partial charge in [0, 0.05) is 16.9 Å². The van der Waals surface area contributed by atoms with Gasteiger partial charge in [0.15, 0.2) is 0 Å². The summed E-state index contributed by atoms with van der Waals surface area (Å²) < 4.78 is 52.5. The molecule has 0 amide bonds. The number of thiophene rings is 1. The number of nitrogens with two attached hydrogens (primary N) is 1. The summed E-state index contributed by atoms with van der Waals surface area (Å²) in [6.07, 6.45) is -4.29. The topological polar surface area (TPSA) is 38.0 Å². The first-order chi connectivity index (χ1) is 9.81. The Balaban J connectivity index is 2.33. The number of alkyl halides is 3. The molecule has 0 bridgehead atoms. The summed E-state index contributed by atoms with van der Waals surface area (Å²) in [6.45, 7) is 0. The lowest BCUT2D eigenvalue weighted by Gasteiger charge is -2.18. The smallest absolute Gasteiger partial charge is 0.271 e. The van der Waals surface area contributed by atoms with Crippen LogP contribution in [0.2, 0.25) is 4.34 Å². The Kier molecular flexibility index (Phi) is 4.88. The molecule has 2 nitrogen and oxygen atoms in total. The first-order valence-electron chi connectivity index (χ1n) is 5.88. The van der Waals surface area contributed by atoms with E-state index >= 15 is 0 Å². The molecule has 0 fully saturated rings. The maximum Gasteiger partial charge on any atom is 0.416 e. The van der Waals surface area contributed by atoms with Crippen LogP contribution >= 0.6 is 22.9 Å². The second-order valence-electron chi connectivity index (χ2n) is 4.36. The van der Waals surface area contributed by atoms with E-state index < -0.39 is 23.6 Å². The van der Waals surface area contributed by atoms with Gasteiger partial charge in [0.1, 0.15) is 5.82 Å². The molecule has 3 N–H and O–H groups in total. The van der Waals surface area contributed by atoms with Gasteiger partial charge in [0.2, 0.25) is 0 Å². The number of hydrazine groups is 1. The molecule has 2 rings (SSSR count). The summed E-state index contributed by atoms with van der Waals surface area (Å²) in [4.78, 5) is 0.791. The maximum absolute atomic E-state index is 13.8. The molecule has 21 heavy (non-hydrogen) atoms. The Hall–Kier alpha value is -1.15. The third-order valence-electron chi connectivity index (χ3n) is 2.93. The summed E-state index contributed by atoms with van der Waals surface area (Å²) in [5.41, 5.74) is 1.31. The van der Waals surface area contributed by atoms with Crippen molar-refractivity contribution < 1.29 is 17.6 Å². The third-order valence-corrected chi connectivity index (χ3v) is 4.19. The molecule has 0 saturated heterocycles. The quantitative estimate of drug-likeness (QED) is 0.495. The van der Waals surface area contributed by atoms with Gasteiger partial charge in [-0.25, -0.2) is 4.39 Å². The molecule has 0 aliphatic rings. The van der Waals surface area contributed by atoms with Crippen molar-refractivity contribution >= 4 is 22.9 Å². The van der Waals surface area contributed by atoms with E-state index in [0.717, 1.165) is 17.0 Å². The van der Waals surface area contributed by atoms with Crippen molar-refractivity contribution in [2.75, 3.05) is 0 Å². The Labute approximate surface area is 127 Å². The molecule has 0 radical (unpaired) electrons. The molecule has 0 aliphatic carbocycles. The lowest BCUT2D eigenvalue weighted by Crippen LogP contribution is -2.30. The van der Waals surface area contributed by atoms with Gasteiger partial charge in [-0.15, -0.1) is 11.3 Å². The third kappa shape index (κ3) is 3.94. The highest BCUT2D eigenvalue weighted by Gasteiger charge is 2.32.